The SMILES string of the molecule is CCCNCC1CCCN(c2ccc3ccccc3n2)C1. The predicted octanol–water partition coefficient (Wildman–Crippen LogP) is 3.45. The predicted molar refractivity (Wildman–Crippen MR) is 89.8 cm³/mol. The summed E-state index contributed by atoms with van der Waals surface area (Å²) in [5.41, 5.74) is 1.10. The number of aromatic nitrogens is 1. The molecule has 0 saturated carbocycles. The summed E-state index contributed by atoms with van der Waals surface area (Å²) in [7, 11) is 0. The quantitative estimate of drug-likeness (QED) is 0.852. The minimum atomic E-state index is 0.749. The third-order valence-corrected chi connectivity index (χ3v) is 4.29. The summed E-state index contributed by atoms with van der Waals surface area (Å²) < 4.78 is 0. The van der Waals surface area contributed by atoms with Crippen LogP contribution in [0, 0.1) is 5.92 Å². The zero-order valence-electron chi connectivity index (χ0n) is 12.9. The van der Waals surface area contributed by atoms with Gasteiger partial charge in [-0.3, -0.25) is 0 Å². The monoisotopic (exact) mass is 283 g/mol. The maximum atomic E-state index is 4.84. The highest BCUT2D eigenvalue weighted by atomic mass is 15.2. The summed E-state index contributed by atoms with van der Waals surface area (Å²) in [4.78, 5) is 7.29. The largest absolute Gasteiger partial charge is 0.356 e. The first-order valence-electron chi connectivity index (χ1n) is 8.18. The number of nitrogens with one attached hydrogen (secondary N) is 1. The molecule has 1 aromatic carbocycles. The first-order chi connectivity index (χ1) is 10.4. The highest BCUT2D eigenvalue weighted by Gasteiger charge is 2.20. The van der Waals surface area contributed by atoms with Gasteiger partial charge >= 0.3 is 0 Å². The Morgan fingerprint density at radius 2 is 2.14 bits per heavy atom. The van der Waals surface area contributed by atoms with Crippen LogP contribution in [-0.2, 0) is 0 Å². The number of benzene rings is 1. The Kier molecular flexibility index (Phi) is 4.71. The molecular weight excluding hydrogens is 258 g/mol. The molecule has 2 heterocycles. The first kappa shape index (κ1) is 14.3. The molecule has 0 amide bonds. The van der Waals surface area contributed by atoms with Crippen LogP contribution in [0.15, 0.2) is 36.4 Å². The van der Waals surface area contributed by atoms with Crippen molar-refractivity contribution in [2.75, 3.05) is 31.1 Å². The van der Waals surface area contributed by atoms with Gasteiger partial charge in [0.05, 0.1) is 5.52 Å². The first-order valence-corrected chi connectivity index (χ1v) is 8.18. The van der Waals surface area contributed by atoms with Crippen molar-refractivity contribution in [1.82, 2.24) is 10.3 Å². The third-order valence-electron chi connectivity index (χ3n) is 4.29. The second-order valence-electron chi connectivity index (χ2n) is 6.02. The van der Waals surface area contributed by atoms with E-state index in [1.165, 1.54) is 24.6 Å². The fraction of sp³-hybridized carbons (Fsp3) is 0.500. The fourth-order valence-electron chi connectivity index (χ4n) is 3.15. The van der Waals surface area contributed by atoms with Gasteiger partial charge < -0.3 is 10.2 Å². The van der Waals surface area contributed by atoms with E-state index in [9.17, 15) is 0 Å². The molecule has 3 rings (SSSR count). The molecule has 3 nitrogen and oxygen atoms in total. The maximum absolute atomic E-state index is 4.84. The van der Waals surface area contributed by atoms with Crippen LogP contribution >= 0.6 is 0 Å². The van der Waals surface area contributed by atoms with Crippen molar-refractivity contribution in [1.29, 1.82) is 0 Å². The number of rotatable bonds is 5. The van der Waals surface area contributed by atoms with Gasteiger partial charge in [-0.2, -0.15) is 0 Å². The lowest BCUT2D eigenvalue weighted by atomic mass is 9.98. The van der Waals surface area contributed by atoms with E-state index in [4.69, 9.17) is 4.98 Å². The summed E-state index contributed by atoms with van der Waals surface area (Å²) >= 11 is 0. The number of hydrogen-bond donors (Lipinski definition) is 1. The Balaban J connectivity index is 1.69. The van der Waals surface area contributed by atoms with E-state index in [0.717, 1.165) is 43.4 Å². The summed E-state index contributed by atoms with van der Waals surface area (Å²) in [5, 5.41) is 4.78. The van der Waals surface area contributed by atoms with Gasteiger partial charge in [0.25, 0.3) is 0 Å². The van der Waals surface area contributed by atoms with Gasteiger partial charge in [-0.1, -0.05) is 25.1 Å². The van der Waals surface area contributed by atoms with Crippen LogP contribution in [0.25, 0.3) is 10.9 Å². The molecule has 1 saturated heterocycles. The molecule has 1 aliphatic rings. The summed E-state index contributed by atoms with van der Waals surface area (Å²) in [6.45, 7) is 6.75. The topological polar surface area (TPSA) is 28.2 Å². The van der Waals surface area contributed by atoms with E-state index in [-0.39, 0.29) is 0 Å². The van der Waals surface area contributed by atoms with Crippen molar-refractivity contribution in [3.63, 3.8) is 0 Å². The van der Waals surface area contributed by atoms with Gasteiger partial charge in [-0.15, -0.1) is 0 Å². The van der Waals surface area contributed by atoms with Crippen molar-refractivity contribution in [3.05, 3.63) is 36.4 Å². The maximum Gasteiger partial charge on any atom is 0.129 e. The van der Waals surface area contributed by atoms with Crippen molar-refractivity contribution in [2.24, 2.45) is 5.92 Å². The molecule has 0 aliphatic carbocycles. The average molecular weight is 283 g/mol. The van der Waals surface area contributed by atoms with Gasteiger partial charge in [0.15, 0.2) is 0 Å². The smallest absolute Gasteiger partial charge is 0.129 e. The Morgan fingerprint density at radius 1 is 1.24 bits per heavy atom. The van der Waals surface area contributed by atoms with Crippen molar-refractivity contribution in [3.8, 4) is 0 Å². The van der Waals surface area contributed by atoms with Crippen LogP contribution < -0.4 is 10.2 Å². The Morgan fingerprint density at radius 3 is 3.05 bits per heavy atom. The van der Waals surface area contributed by atoms with Crippen LogP contribution in [0.3, 0.4) is 0 Å². The molecule has 21 heavy (non-hydrogen) atoms. The third kappa shape index (κ3) is 3.53. The van der Waals surface area contributed by atoms with Gasteiger partial charge in [-0.25, -0.2) is 4.98 Å². The molecule has 0 radical (unpaired) electrons. The van der Waals surface area contributed by atoms with E-state index < -0.39 is 0 Å². The molecule has 3 heteroatoms. The molecule has 1 N–H and O–H groups in total. The standard InChI is InChI=1S/C18H25N3/c1-2-11-19-13-15-6-5-12-21(14-15)18-10-9-16-7-3-4-8-17(16)20-18/h3-4,7-10,15,19H,2,5-6,11-14H2,1H3. The van der Waals surface area contributed by atoms with E-state index in [1.54, 1.807) is 0 Å². The van der Waals surface area contributed by atoms with Crippen LogP contribution in [0.5, 0.6) is 0 Å². The van der Waals surface area contributed by atoms with E-state index in [1.807, 2.05) is 0 Å². The van der Waals surface area contributed by atoms with Crippen molar-refractivity contribution < 1.29 is 0 Å². The lowest BCUT2D eigenvalue weighted by Gasteiger charge is -2.34. The number of fused-ring (bicyclic) bond motifs is 1. The summed E-state index contributed by atoms with van der Waals surface area (Å²) in [6, 6.07) is 12.7. The van der Waals surface area contributed by atoms with Crippen LogP contribution in [0.4, 0.5) is 5.82 Å². The molecule has 1 atom stereocenters. The second kappa shape index (κ2) is 6.90. The van der Waals surface area contributed by atoms with Gasteiger partial charge in [-0.05, 0) is 56.5 Å². The summed E-state index contributed by atoms with van der Waals surface area (Å²) in [5.74, 6) is 1.88. The number of piperidine rings is 1. The molecule has 0 spiro atoms. The molecule has 112 valence electrons. The van der Waals surface area contributed by atoms with Crippen LogP contribution in [-0.4, -0.2) is 31.2 Å². The molecule has 1 unspecified atom stereocenters. The zero-order valence-corrected chi connectivity index (χ0v) is 12.9. The minimum absolute atomic E-state index is 0.749. The number of nitrogens with zero attached hydrogens (tertiary/aromatic N) is 2. The number of pyridine rings is 1. The molecular formula is C18H25N3. The molecule has 1 fully saturated rings. The van der Waals surface area contributed by atoms with Gasteiger partial charge in [0.1, 0.15) is 5.82 Å². The lowest BCUT2D eigenvalue weighted by Crippen LogP contribution is -2.40. The molecule has 1 aromatic heterocycles. The number of anilines is 1. The molecule has 1 aliphatic heterocycles. The lowest BCUT2D eigenvalue weighted by molar-refractivity contribution is 0.391. The highest BCUT2D eigenvalue weighted by molar-refractivity contribution is 5.80. The molecule has 0 bridgehead atoms. The Bertz CT molecular complexity index is 581. The average Bonchev–Trinajstić information content (AvgIpc) is 2.55. The minimum Gasteiger partial charge on any atom is -0.356 e. The normalized spacial score (nSPS) is 19.1. The van der Waals surface area contributed by atoms with Gasteiger partial charge in [0.2, 0.25) is 0 Å². The summed E-state index contributed by atoms with van der Waals surface area (Å²) in [6.07, 6.45) is 3.82. The van der Waals surface area contributed by atoms with Crippen LogP contribution in [0.1, 0.15) is 26.2 Å². The molecule has 2 aromatic rings. The van der Waals surface area contributed by atoms with E-state index in [2.05, 4.69) is 53.5 Å². The highest BCUT2D eigenvalue weighted by Crippen LogP contribution is 2.23. The second-order valence-corrected chi connectivity index (χ2v) is 6.02. The Hall–Kier alpha value is -1.61. The number of para-hydroxylation sites is 1. The van der Waals surface area contributed by atoms with Crippen molar-refractivity contribution >= 4 is 16.7 Å². The number of hydrogen-bond acceptors (Lipinski definition) is 3. The van der Waals surface area contributed by atoms with Crippen LogP contribution in [0.2, 0.25) is 0 Å². The van der Waals surface area contributed by atoms with E-state index >= 15 is 0 Å². The van der Waals surface area contributed by atoms with E-state index in [0.29, 0.717) is 0 Å². The van der Waals surface area contributed by atoms with Gasteiger partial charge in [0, 0.05) is 18.5 Å². The van der Waals surface area contributed by atoms with Crippen molar-refractivity contribution in [2.45, 2.75) is 26.2 Å². The Labute approximate surface area is 127 Å². The fourth-order valence-corrected chi connectivity index (χ4v) is 3.15. The zero-order chi connectivity index (χ0) is 14.5.